The van der Waals surface area contributed by atoms with Gasteiger partial charge in [0.05, 0.1) is 22.6 Å². The van der Waals surface area contributed by atoms with Crippen LogP contribution in [-0.2, 0) is 16.8 Å². The van der Waals surface area contributed by atoms with E-state index in [9.17, 15) is 19.1 Å². The quantitative estimate of drug-likeness (QED) is 0.279. The number of carbonyl (C=O) groups excluding carboxylic acids is 2. The average molecular weight is 653 g/mol. The zero-order valence-corrected chi connectivity index (χ0v) is 27.1. The van der Waals surface area contributed by atoms with Crippen molar-refractivity contribution < 1.29 is 62.9 Å². The summed E-state index contributed by atoms with van der Waals surface area (Å²) in [6.45, 7) is 0.251. The number of aliphatic carboxylic acids is 1. The van der Waals surface area contributed by atoms with E-state index in [0.29, 0.717) is 38.4 Å². The van der Waals surface area contributed by atoms with Crippen molar-refractivity contribution in [2.45, 2.75) is 18.4 Å². The Morgan fingerprint density at radius 1 is 0.930 bits per heavy atom. The molecule has 0 bridgehead atoms. The van der Waals surface area contributed by atoms with Gasteiger partial charge in [-0.3, -0.25) is 4.79 Å². The Morgan fingerprint density at radius 2 is 1.65 bits per heavy atom. The van der Waals surface area contributed by atoms with Gasteiger partial charge in [0.2, 0.25) is 0 Å². The molecule has 0 radical (unpaired) electrons. The third-order valence-electron chi connectivity index (χ3n) is 6.66. The molecule has 0 saturated heterocycles. The number of benzene rings is 4. The molecule has 216 valence electrons. The molecule has 0 aromatic heterocycles. The Kier molecular flexibility index (Phi) is 10.9. The molecule has 0 fully saturated rings. The summed E-state index contributed by atoms with van der Waals surface area (Å²) >= 11 is 18.6. The molecule has 1 amide bonds. The van der Waals surface area contributed by atoms with Crippen LogP contribution in [0.15, 0.2) is 78.9 Å². The number of nitrogens with one attached hydrogen (secondary N) is 1. The summed E-state index contributed by atoms with van der Waals surface area (Å²) in [5, 5.41) is 15.8. The Balaban J connectivity index is 0.00000423. The van der Waals surface area contributed by atoms with Gasteiger partial charge in [-0.2, -0.15) is 0 Å². The van der Waals surface area contributed by atoms with Crippen LogP contribution in [0.5, 0.6) is 23.0 Å². The molecule has 5 rings (SSSR count). The van der Waals surface area contributed by atoms with E-state index < -0.39 is 23.3 Å². The SMILES string of the molecule is O=C(NCCc1cc(F)ccc1Oc1ccc(Cl)cc1Cl)c1ccc(OC2(C(=O)[O-])CCOc3ccccc32)c(Cl)c1.[Na+]. The molecule has 0 aliphatic carbocycles. The van der Waals surface area contributed by atoms with E-state index in [1.807, 2.05) is 0 Å². The summed E-state index contributed by atoms with van der Waals surface area (Å²) in [4.78, 5) is 25.2. The van der Waals surface area contributed by atoms with Crippen LogP contribution in [0.4, 0.5) is 4.39 Å². The fraction of sp³-hybridized carbons (Fsp3) is 0.161. The molecule has 4 aromatic carbocycles. The maximum atomic E-state index is 14.0. The van der Waals surface area contributed by atoms with E-state index in [-0.39, 0.29) is 71.9 Å². The zero-order valence-electron chi connectivity index (χ0n) is 22.8. The van der Waals surface area contributed by atoms with Gasteiger partial charge in [-0.15, -0.1) is 0 Å². The summed E-state index contributed by atoms with van der Waals surface area (Å²) in [6, 6.07) is 19.7. The molecule has 1 aliphatic heterocycles. The van der Waals surface area contributed by atoms with Crippen LogP contribution in [0.25, 0.3) is 0 Å². The number of ether oxygens (including phenoxy) is 3. The predicted octanol–water partition coefficient (Wildman–Crippen LogP) is 3.36. The molecular formula is C31H22Cl3FNNaO6. The standard InChI is InChI=1S/C31H23Cl3FNO6.Na/c32-20-6-9-27(24(34)17-20)41-25-10-7-21(35)15-18(25)11-13-36-29(37)19-5-8-28(23(33)16-19)42-31(30(38)39)12-14-40-26-4-2-1-3-22(26)31;/h1-10,15-17H,11-14H2,(H,36,37)(H,38,39);/q;+1/p-1. The largest absolute Gasteiger partial charge is 1.00 e. The van der Waals surface area contributed by atoms with E-state index in [2.05, 4.69) is 5.32 Å². The minimum absolute atomic E-state index is 0. The van der Waals surface area contributed by atoms with Crippen molar-refractivity contribution in [2.24, 2.45) is 0 Å². The van der Waals surface area contributed by atoms with Crippen molar-refractivity contribution in [3.63, 3.8) is 0 Å². The molecule has 1 atom stereocenters. The summed E-state index contributed by atoms with van der Waals surface area (Å²) < 4.78 is 31.4. The number of halogens is 4. The smallest absolute Gasteiger partial charge is 0.545 e. The second kappa shape index (κ2) is 14.2. The van der Waals surface area contributed by atoms with Crippen molar-refractivity contribution in [3.05, 3.63) is 116 Å². The molecule has 4 aromatic rings. The fourth-order valence-corrected chi connectivity index (χ4v) is 5.24. The van der Waals surface area contributed by atoms with Gasteiger partial charge in [-0.25, -0.2) is 4.39 Å². The first-order valence-electron chi connectivity index (χ1n) is 12.8. The molecule has 0 saturated carbocycles. The predicted molar refractivity (Wildman–Crippen MR) is 154 cm³/mol. The van der Waals surface area contributed by atoms with Crippen molar-refractivity contribution in [1.82, 2.24) is 5.32 Å². The van der Waals surface area contributed by atoms with Crippen molar-refractivity contribution in [2.75, 3.05) is 13.2 Å². The van der Waals surface area contributed by atoms with Crippen LogP contribution in [0.2, 0.25) is 15.1 Å². The monoisotopic (exact) mass is 651 g/mol. The average Bonchev–Trinajstić information content (AvgIpc) is 2.96. The Bertz CT molecular complexity index is 1670. The number of carbonyl (C=O) groups is 2. The van der Waals surface area contributed by atoms with Gasteiger partial charge in [0, 0.05) is 29.1 Å². The first-order valence-corrected chi connectivity index (χ1v) is 13.9. The van der Waals surface area contributed by atoms with Gasteiger partial charge >= 0.3 is 29.6 Å². The zero-order chi connectivity index (χ0) is 29.9. The van der Waals surface area contributed by atoms with Gasteiger partial charge in [0.15, 0.2) is 5.60 Å². The fourth-order valence-electron chi connectivity index (χ4n) is 4.57. The van der Waals surface area contributed by atoms with Crippen LogP contribution < -0.4 is 54.2 Å². The summed E-state index contributed by atoms with van der Waals surface area (Å²) in [5.74, 6) is -1.19. The van der Waals surface area contributed by atoms with Gasteiger partial charge in [-0.1, -0.05) is 53.0 Å². The van der Waals surface area contributed by atoms with Crippen molar-refractivity contribution in [3.8, 4) is 23.0 Å². The topological polar surface area (TPSA) is 96.9 Å². The molecule has 43 heavy (non-hydrogen) atoms. The van der Waals surface area contributed by atoms with Crippen molar-refractivity contribution in [1.29, 1.82) is 0 Å². The number of amides is 1. The van der Waals surface area contributed by atoms with Gasteiger partial charge in [-0.05, 0) is 72.6 Å². The van der Waals surface area contributed by atoms with E-state index in [1.54, 1.807) is 36.4 Å². The molecular weight excluding hydrogens is 631 g/mol. The molecule has 1 unspecified atom stereocenters. The maximum Gasteiger partial charge on any atom is 1.00 e. The van der Waals surface area contributed by atoms with E-state index in [4.69, 9.17) is 49.0 Å². The molecule has 1 aliphatic rings. The van der Waals surface area contributed by atoms with E-state index >= 15 is 0 Å². The molecule has 0 spiro atoms. The first-order chi connectivity index (χ1) is 20.2. The van der Waals surface area contributed by atoms with Crippen LogP contribution in [0.3, 0.4) is 0 Å². The minimum atomic E-state index is -1.82. The number of carboxylic acids is 1. The normalized spacial score (nSPS) is 15.3. The van der Waals surface area contributed by atoms with Crippen LogP contribution in [-0.4, -0.2) is 25.0 Å². The maximum absolute atomic E-state index is 14.0. The van der Waals surface area contributed by atoms with E-state index in [1.165, 1.54) is 42.5 Å². The minimum Gasteiger partial charge on any atom is -0.545 e. The van der Waals surface area contributed by atoms with Crippen LogP contribution in [0.1, 0.15) is 27.9 Å². The third kappa shape index (κ3) is 7.40. The van der Waals surface area contributed by atoms with Crippen LogP contribution >= 0.6 is 34.8 Å². The summed E-state index contributed by atoms with van der Waals surface area (Å²) in [6.07, 6.45) is 0.246. The third-order valence-corrected chi connectivity index (χ3v) is 7.48. The Hall–Kier alpha value is -2.98. The number of para-hydroxylation sites is 1. The Labute approximate surface area is 284 Å². The second-order valence-electron chi connectivity index (χ2n) is 9.39. The molecule has 1 heterocycles. The molecule has 12 heteroatoms. The summed E-state index contributed by atoms with van der Waals surface area (Å²) in [5.41, 5.74) is -0.782. The van der Waals surface area contributed by atoms with Gasteiger partial charge in [0.1, 0.15) is 28.8 Å². The number of fused-ring (bicyclic) bond motifs is 1. The molecule has 7 nitrogen and oxygen atoms in total. The number of rotatable bonds is 9. The van der Waals surface area contributed by atoms with Crippen molar-refractivity contribution >= 4 is 46.7 Å². The van der Waals surface area contributed by atoms with Crippen LogP contribution in [0, 0.1) is 5.82 Å². The van der Waals surface area contributed by atoms with E-state index in [0.717, 1.165) is 0 Å². The number of hydrogen-bond acceptors (Lipinski definition) is 6. The van der Waals surface area contributed by atoms with Gasteiger partial charge in [0.25, 0.3) is 5.91 Å². The first kappa shape index (κ1) is 32.9. The van der Waals surface area contributed by atoms with Gasteiger partial charge < -0.3 is 29.4 Å². The Morgan fingerprint density at radius 3 is 2.40 bits per heavy atom. The number of carboxylic acid groups (broad SMARTS) is 1. The summed E-state index contributed by atoms with van der Waals surface area (Å²) in [7, 11) is 0. The second-order valence-corrected chi connectivity index (χ2v) is 10.6. The number of hydrogen-bond donors (Lipinski definition) is 1. The molecule has 1 N–H and O–H groups in total.